The Labute approximate surface area is 98.1 Å². The second kappa shape index (κ2) is 4.55. The van der Waals surface area contributed by atoms with Gasteiger partial charge < -0.3 is 15.5 Å². The summed E-state index contributed by atoms with van der Waals surface area (Å²) in [6.07, 6.45) is 0.625. The van der Waals surface area contributed by atoms with Crippen LogP contribution in [0.1, 0.15) is 17.0 Å². The molecule has 0 saturated carbocycles. The molecule has 0 heterocycles. The van der Waals surface area contributed by atoms with Gasteiger partial charge in [0.1, 0.15) is 6.04 Å². The minimum absolute atomic E-state index is 0.292. The zero-order valence-corrected chi connectivity index (χ0v) is 9.09. The van der Waals surface area contributed by atoms with E-state index in [9.17, 15) is 9.59 Å². The van der Waals surface area contributed by atoms with E-state index in [1.165, 1.54) is 0 Å². The van der Waals surface area contributed by atoms with Crippen molar-refractivity contribution in [2.24, 2.45) is 0 Å². The fourth-order valence-electron chi connectivity index (χ4n) is 1.95. The highest BCUT2D eigenvalue weighted by atomic mass is 16.4. The molecule has 2 atom stereocenters. The molecule has 5 heteroatoms. The first-order chi connectivity index (χ1) is 8.13. The predicted molar refractivity (Wildman–Crippen MR) is 59.5 cm³/mol. The van der Waals surface area contributed by atoms with E-state index in [0.29, 0.717) is 6.42 Å². The normalized spacial score (nSPS) is 18.8. The van der Waals surface area contributed by atoms with E-state index in [1.807, 2.05) is 24.3 Å². The lowest BCUT2D eigenvalue weighted by Crippen LogP contribution is -2.47. The van der Waals surface area contributed by atoms with Gasteiger partial charge in [-0.25, -0.2) is 4.79 Å². The van der Waals surface area contributed by atoms with Crippen LogP contribution in [0.4, 0.5) is 0 Å². The fraction of sp³-hybridized carbons (Fsp3) is 0.333. The highest BCUT2D eigenvalue weighted by molar-refractivity contribution is 5.90. The maximum absolute atomic E-state index is 11.8. The summed E-state index contributed by atoms with van der Waals surface area (Å²) in [6, 6.07) is 6.33. The smallest absolute Gasteiger partial charge is 0.328 e. The lowest BCUT2D eigenvalue weighted by molar-refractivity contribution is -0.143. The Morgan fingerprint density at radius 3 is 2.71 bits per heavy atom. The third-order valence-corrected chi connectivity index (χ3v) is 2.97. The van der Waals surface area contributed by atoms with Crippen molar-refractivity contribution in [2.75, 3.05) is 6.61 Å². The molecule has 0 aromatic heterocycles. The number of carbonyl (C=O) groups excluding carboxylic acids is 1. The second-order valence-corrected chi connectivity index (χ2v) is 4.04. The summed E-state index contributed by atoms with van der Waals surface area (Å²) < 4.78 is 0. The lowest BCUT2D eigenvalue weighted by Gasteiger charge is -2.29. The van der Waals surface area contributed by atoms with Crippen molar-refractivity contribution >= 4 is 11.9 Å². The van der Waals surface area contributed by atoms with Crippen LogP contribution in [0.15, 0.2) is 24.3 Å². The molecule has 90 valence electrons. The lowest BCUT2D eigenvalue weighted by atomic mass is 9.77. The van der Waals surface area contributed by atoms with Crippen molar-refractivity contribution in [3.05, 3.63) is 35.4 Å². The Bertz CT molecular complexity index is 458. The van der Waals surface area contributed by atoms with E-state index >= 15 is 0 Å². The molecule has 1 unspecified atom stereocenters. The van der Waals surface area contributed by atoms with Crippen LogP contribution in [0, 0.1) is 0 Å². The van der Waals surface area contributed by atoms with Crippen LogP contribution in [-0.2, 0) is 16.0 Å². The number of aliphatic carboxylic acids is 1. The van der Waals surface area contributed by atoms with Crippen LogP contribution in [-0.4, -0.2) is 34.7 Å². The summed E-state index contributed by atoms with van der Waals surface area (Å²) in [4.78, 5) is 22.4. The van der Waals surface area contributed by atoms with Crippen molar-refractivity contribution in [3.8, 4) is 0 Å². The first-order valence-corrected chi connectivity index (χ1v) is 5.35. The molecule has 0 radical (unpaired) electrons. The third kappa shape index (κ3) is 2.14. The number of aliphatic hydroxyl groups excluding tert-OH is 1. The fourth-order valence-corrected chi connectivity index (χ4v) is 1.95. The van der Waals surface area contributed by atoms with Crippen LogP contribution < -0.4 is 5.32 Å². The van der Waals surface area contributed by atoms with E-state index < -0.39 is 18.6 Å². The van der Waals surface area contributed by atoms with Gasteiger partial charge in [-0.05, 0) is 17.5 Å². The second-order valence-electron chi connectivity index (χ2n) is 4.04. The Kier molecular flexibility index (Phi) is 3.10. The van der Waals surface area contributed by atoms with E-state index in [2.05, 4.69) is 5.32 Å². The topological polar surface area (TPSA) is 86.6 Å². The zero-order valence-electron chi connectivity index (χ0n) is 9.09. The first kappa shape index (κ1) is 11.6. The monoisotopic (exact) mass is 235 g/mol. The first-order valence-electron chi connectivity index (χ1n) is 5.35. The maximum atomic E-state index is 11.8. The number of amides is 1. The van der Waals surface area contributed by atoms with Gasteiger partial charge in [-0.2, -0.15) is 0 Å². The van der Waals surface area contributed by atoms with Gasteiger partial charge in [-0.3, -0.25) is 4.79 Å². The van der Waals surface area contributed by atoms with Gasteiger partial charge in [0.05, 0.1) is 12.5 Å². The molecule has 0 spiro atoms. The van der Waals surface area contributed by atoms with Crippen LogP contribution in [0.2, 0.25) is 0 Å². The van der Waals surface area contributed by atoms with Gasteiger partial charge in [0.25, 0.3) is 0 Å². The summed E-state index contributed by atoms with van der Waals surface area (Å²) in [7, 11) is 0. The van der Waals surface area contributed by atoms with Crippen molar-refractivity contribution in [1.29, 1.82) is 0 Å². The molecule has 3 N–H and O–H groups in total. The number of aliphatic hydroxyl groups is 1. The minimum atomic E-state index is -1.23. The molecule has 2 rings (SSSR count). The Hall–Kier alpha value is -1.88. The van der Waals surface area contributed by atoms with Crippen LogP contribution in [0.25, 0.3) is 0 Å². The summed E-state index contributed by atoms with van der Waals surface area (Å²) in [5.74, 6) is -1.86. The van der Waals surface area contributed by atoms with Crippen molar-refractivity contribution < 1.29 is 19.8 Å². The molecule has 0 aliphatic heterocycles. The summed E-state index contributed by atoms with van der Waals surface area (Å²) >= 11 is 0. The van der Waals surface area contributed by atoms with E-state index in [0.717, 1.165) is 11.1 Å². The minimum Gasteiger partial charge on any atom is -0.480 e. The molecule has 1 aliphatic rings. The summed E-state index contributed by atoms with van der Waals surface area (Å²) in [5.41, 5.74) is 2.05. The van der Waals surface area contributed by atoms with E-state index in [-0.39, 0.29) is 11.8 Å². The quantitative estimate of drug-likeness (QED) is 0.679. The molecule has 0 fully saturated rings. The number of carboxylic acid groups (broad SMARTS) is 1. The zero-order chi connectivity index (χ0) is 12.4. The average Bonchev–Trinajstić information content (AvgIpc) is 2.27. The molecule has 17 heavy (non-hydrogen) atoms. The van der Waals surface area contributed by atoms with Crippen LogP contribution >= 0.6 is 0 Å². The van der Waals surface area contributed by atoms with Crippen molar-refractivity contribution in [2.45, 2.75) is 18.4 Å². The summed E-state index contributed by atoms with van der Waals surface area (Å²) in [6.45, 7) is -0.602. The SMILES string of the molecule is O=C(N[C@@H](CO)C(=O)O)C1Cc2ccccc21. The van der Waals surface area contributed by atoms with Crippen molar-refractivity contribution in [1.82, 2.24) is 5.32 Å². The molecule has 5 nitrogen and oxygen atoms in total. The highest BCUT2D eigenvalue weighted by Crippen LogP contribution is 2.34. The van der Waals surface area contributed by atoms with E-state index in [1.54, 1.807) is 0 Å². The van der Waals surface area contributed by atoms with Gasteiger partial charge >= 0.3 is 5.97 Å². The number of carbonyl (C=O) groups is 2. The molecule has 1 aliphatic carbocycles. The Balaban J connectivity index is 2.02. The number of carboxylic acids is 1. The van der Waals surface area contributed by atoms with Crippen LogP contribution in [0.5, 0.6) is 0 Å². The number of benzene rings is 1. The van der Waals surface area contributed by atoms with Gasteiger partial charge in [0.15, 0.2) is 0 Å². The van der Waals surface area contributed by atoms with Crippen LogP contribution in [0.3, 0.4) is 0 Å². The van der Waals surface area contributed by atoms with Crippen molar-refractivity contribution in [3.63, 3.8) is 0 Å². The molecule has 1 amide bonds. The number of hydrogen-bond donors (Lipinski definition) is 3. The summed E-state index contributed by atoms with van der Waals surface area (Å²) in [5, 5.41) is 19.9. The van der Waals surface area contributed by atoms with Gasteiger partial charge in [-0.1, -0.05) is 24.3 Å². The number of fused-ring (bicyclic) bond motifs is 1. The maximum Gasteiger partial charge on any atom is 0.328 e. The molecule has 0 saturated heterocycles. The van der Waals surface area contributed by atoms with Gasteiger partial charge in [0, 0.05) is 0 Å². The largest absolute Gasteiger partial charge is 0.480 e. The average molecular weight is 235 g/mol. The third-order valence-electron chi connectivity index (χ3n) is 2.97. The molecule has 0 bridgehead atoms. The molecular formula is C12H13NO4. The number of rotatable bonds is 4. The molecule has 1 aromatic carbocycles. The van der Waals surface area contributed by atoms with Gasteiger partial charge in [-0.15, -0.1) is 0 Å². The Morgan fingerprint density at radius 1 is 1.41 bits per heavy atom. The number of hydrogen-bond acceptors (Lipinski definition) is 3. The Morgan fingerprint density at radius 2 is 2.12 bits per heavy atom. The molecule has 1 aromatic rings. The van der Waals surface area contributed by atoms with Gasteiger partial charge in [0.2, 0.25) is 5.91 Å². The highest BCUT2D eigenvalue weighted by Gasteiger charge is 2.33. The van der Waals surface area contributed by atoms with E-state index in [4.69, 9.17) is 10.2 Å². The standard InChI is InChI=1S/C12H13NO4/c14-6-10(12(16)17)13-11(15)9-5-7-3-1-2-4-8(7)9/h1-4,9-10,14H,5-6H2,(H,13,15)(H,16,17)/t9?,10-/m0/s1. The predicted octanol–water partition coefficient (Wildman–Crippen LogP) is -0.112. The number of nitrogens with one attached hydrogen (secondary N) is 1. The molecular weight excluding hydrogens is 222 g/mol.